The summed E-state index contributed by atoms with van der Waals surface area (Å²) < 4.78 is 10.6. The standard InChI is InChI=1S/C26H21Cl2N3O6/c27-19-8-1-16(11-20(19)28)12-21(26(34)29-18-6-4-17(5-7-18)25(33)31-35)30-24(32)10-3-15-2-9-22-23(13-15)37-14-36-22/h1-11,13,21,35H,12,14H2,(H,29,34)(H,30,32)(H,31,33)/b10-3+. The van der Waals surface area contributed by atoms with E-state index in [1.165, 1.54) is 35.8 Å². The molecule has 0 radical (unpaired) electrons. The largest absolute Gasteiger partial charge is 0.454 e. The van der Waals surface area contributed by atoms with E-state index in [4.69, 9.17) is 37.9 Å². The summed E-state index contributed by atoms with van der Waals surface area (Å²) >= 11 is 12.1. The lowest BCUT2D eigenvalue weighted by Gasteiger charge is -2.18. The van der Waals surface area contributed by atoms with Crippen LogP contribution in [-0.2, 0) is 16.0 Å². The zero-order chi connectivity index (χ0) is 26.4. The van der Waals surface area contributed by atoms with Gasteiger partial charge in [0.25, 0.3) is 5.91 Å². The highest BCUT2D eigenvalue weighted by atomic mass is 35.5. The van der Waals surface area contributed by atoms with Crippen LogP contribution < -0.4 is 25.6 Å². The molecule has 1 heterocycles. The van der Waals surface area contributed by atoms with Gasteiger partial charge < -0.3 is 20.1 Å². The van der Waals surface area contributed by atoms with E-state index in [0.717, 1.165) is 5.56 Å². The average molecular weight is 542 g/mol. The normalized spacial score (nSPS) is 12.7. The van der Waals surface area contributed by atoms with Crippen molar-refractivity contribution < 1.29 is 29.1 Å². The third-order valence-corrected chi connectivity index (χ3v) is 6.14. The first-order valence-electron chi connectivity index (χ1n) is 11.0. The maximum absolute atomic E-state index is 13.1. The first-order chi connectivity index (χ1) is 17.8. The van der Waals surface area contributed by atoms with Crippen LogP contribution in [0.4, 0.5) is 5.69 Å². The van der Waals surface area contributed by atoms with Crippen LogP contribution in [0.25, 0.3) is 6.08 Å². The molecular formula is C26H21Cl2N3O6. The minimum Gasteiger partial charge on any atom is -0.454 e. The zero-order valence-corrected chi connectivity index (χ0v) is 20.7. The van der Waals surface area contributed by atoms with Crippen molar-refractivity contribution in [3.05, 3.63) is 93.5 Å². The lowest BCUT2D eigenvalue weighted by Crippen LogP contribution is -2.44. The maximum atomic E-state index is 13.1. The monoisotopic (exact) mass is 541 g/mol. The number of hydrogen-bond donors (Lipinski definition) is 4. The van der Waals surface area contributed by atoms with E-state index < -0.39 is 23.8 Å². The van der Waals surface area contributed by atoms with Crippen LogP contribution in [-0.4, -0.2) is 35.8 Å². The van der Waals surface area contributed by atoms with Gasteiger partial charge in [0.15, 0.2) is 11.5 Å². The van der Waals surface area contributed by atoms with Crippen molar-refractivity contribution in [1.82, 2.24) is 10.8 Å². The molecule has 0 fully saturated rings. The number of hydrogen-bond acceptors (Lipinski definition) is 6. The Morgan fingerprint density at radius 1 is 0.946 bits per heavy atom. The molecule has 9 nitrogen and oxygen atoms in total. The van der Waals surface area contributed by atoms with Crippen molar-refractivity contribution in [2.45, 2.75) is 12.5 Å². The molecule has 1 unspecified atom stereocenters. The number of benzene rings is 3. The van der Waals surface area contributed by atoms with Gasteiger partial charge in [-0.2, -0.15) is 0 Å². The van der Waals surface area contributed by atoms with Crippen molar-refractivity contribution >= 4 is 52.7 Å². The van der Waals surface area contributed by atoms with Gasteiger partial charge in [0, 0.05) is 23.7 Å². The summed E-state index contributed by atoms with van der Waals surface area (Å²) in [7, 11) is 0. The molecule has 0 bridgehead atoms. The van der Waals surface area contributed by atoms with E-state index in [1.54, 1.807) is 42.5 Å². The molecule has 1 aliphatic heterocycles. The third-order valence-electron chi connectivity index (χ3n) is 5.40. The van der Waals surface area contributed by atoms with Crippen molar-refractivity contribution in [2.75, 3.05) is 12.1 Å². The van der Waals surface area contributed by atoms with Gasteiger partial charge in [0.1, 0.15) is 6.04 Å². The first kappa shape index (κ1) is 26.0. The van der Waals surface area contributed by atoms with Crippen molar-refractivity contribution in [2.24, 2.45) is 0 Å². The van der Waals surface area contributed by atoms with E-state index in [1.807, 2.05) is 0 Å². The summed E-state index contributed by atoms with van der Waals surface area (Å²) in [5, 5.41) is 14.9. The highest BCUT2D eigenvalue weighted by Gasteiger charge is 2.22. The molecule has 0 spiro atoms. The number of anilines is 1. The van der Waals surface area contributed by atoms with Crippen LogP contribution >= 0.6 is 23.2 Å². The molecule has 4 rings (SSSR count). The molecule has 190 valence electrons. The third kappa shape index (κ3) is 6.79. The maximum Gasteiger partial charge on any atom is 0.274 e. The molecule has 0 aromatic heterocycles. The SMILES string of the molecule is O=C(/C=C/c1ccc2c(c1)OCO2)NC(Cc1ccc(Cl)c(Cl)c1)C(=O)Nc1ccc(C(=O)NO)cc1. The lowest BCUT2D eigenvalue weighted by atomic mass is 10.0. The number of carbonyl (C=O) groups is 3. The van der Waals surface area contributed by atoms with E-state index in [9.17, 15) is 14.4 Å². The fraction of sp³-hybridized carbons (Fsp3) is 0.115. The topological polar surface area (TPSA) is 126 Å². The molecule has 0 aliphatic carbocycles. The molecule has 0 saturated carbocycles. The van der Waals surface area contributed by atoms with E-state index >= 15 is 0 Å². The Morgan fingerprint density at radius 3 is 2.43 bits per heavy atom. The number of ether oxygens (including phenoxy) is 2. The van der Waals surface area contributed by atoms with Crippen LogP contribution in [0, 0.1) is 0 Å². The predicted molar refractivity (Wildman–Crippen MR) is 138 cm³/mol. The second-order valence-corrected chi connectivity index (χ2v) is 8.78. The van der Waals surface area contributed by atoms with Gasteiger partial charge >= 0.3 is 0 Å². The van der Waals surface area contributed by atoms with Crippen LogP contribution in [0.2, 0.25) is 10.0 Å². The molecule has 3 amide bonds. The first-order valence-corrected chi connectivity index (χ1v) is 11.8. The minimum absolute atomic E-state index is 0.136. The number of carbonyl (C=O) groups excluding carboxylic acids is 3. The second kappa shape index (κ2) is 11.8. The van der Waals surface area contributed by atoms with E-state index in [0.29, 0.717) is 32.8 Å². The number of nitrogens with one attached hydrogen (secondary N) is 3. The van der Waals surface area contributed by atoms with Gasteiger partial charge in [-0.1, -0.05) is 35.3 Å². The molecule has 11 heteroatoms. The van der Waals surface area contributed by atoms with Crippen LogP contribution in [0.15, 0.2) is 66.7 Å². The summed E-state index contributed by atoms with van der Waals surface area (Å²) in [6.45, 7) is 0.145. The number of amides is 3. The van der Waals surface area contributed by atoms with E-state index in [2.05, 4.69) is 10.6 Å². The quantitative estimate of drug-likeness (QED) is 0.192. The van der Waals surface area contributed by atoms with Crippen LogP contribution in [0.3, 0.4) is 0 Å². The molecular weight excluding hydrogens is 521 g/mol. The summed E-state index contributed by atoms with van der Waals surface area (Å²) in [4.78, 5) is 37.4. The molecule has 1 aliphatic rings. The Kier molecular flexibility index (Phi) is 8.29. The number of rotatable bonds is 8. The summed E-state index contributed by atoms with van der Waals surface area (Å²) in [5.41, 5.74) is 3.54. The number of fused-ring (bicyclic) bond motifs is 1. The smallest absolute Gasteiger partial charge is 0.274 e. The molecule has 1 atom stereocenters. The fourth-order valence-electron chi connectivity index (χ4n) is 3.52. The van der Waals surface area contributed by atoms with Gasteiger partial charge in [0.2, 0.25) is 18.6 Å². The Bertz CT molecular complexity index is 1360. The Balaban J connectivity index is 1.48. The number of hydroxylamine groups is 1. The average Bonchev–Trinajstić information content (AvgIpc) is 3.37. The lowest BCUT2D eigenvalue weighted by molar-refractivity contribution is -0.123. The number of halogens is 2. The predicted octanol–water partition coefficient (Wildman–Crippen LogP) is 4.22. The van der Waals surface area contributed by atoms with Crippen molar-refractivity contribution in [1.29, 1.82) is 0 Å². The molecule has 4 N–H and O–H groups in total. The molecule has 3 aromatic rings. The van der Waals surface area contributed by atoms with E-state index in [-0.39, 0.29) is 18.8 Å². The highest BCUT2D eigenvalue weighted by Crippen LogP contribution is 2.32. The second-order valence-electron chi connectivity index (χ2n) is 7.97. The van der Waals surface area contributed by atoms with Crippen molar-refractivity contribution in [3.8, 4) is 11.5 Å². The highest BCUT2D eigenvalue weighted by molar-refractivity contribution is 6.42. The van der Waals surface area contributed by atoms with Gasteiger partial charge in [0.05, 0.1) is 10.0 Å². The zero-order valence-electron chi connectivity index (χ0n) is 19.2. The van der Waals surface area contributed by atoms with Crippen molar-refractivity contribution in [3.63, 3.8) is 0 Å². The molecule has 37 heavy (non-hydrogen) atoms. The fourth-order valence-corrected chi connectivity index (χ4v) is 3.84. The van der Waals surface area contributed by atoms with Gasteiger partial charge in [-0.15, -0.1) is 0 Å². The minimum atomic E-state index is -0.966. The van der Waals surface area contributed by atoms with Crippen LogP contribution in [0.5, 0.6) is 11.5 Å². The van der Waals surface area contributed by atoms with Gasteiger partial charge in [-0.3, -0.25) is 19.6 Å². The van der Waals surface area contributed by atoms with Gasteiger partial charge in [-0.05, 0) is 65.7 Å². The molecule has 3 aromatic carbocycles. The Labute approximate surface area is 221 Å². The Morgan fingerprint density at radius 2 is 1.70 bits per heavy atom. The summed E-state index contributed by atoms with van der Waals surface area (Å²) in [6.07, 6.45) is 3.04. The van der Waals surface area contributed by atoms with Crippen LogP contribution in [0.1, 0.15) is 21.5 Å². The van der Waals surface area contributed by atoms with Gasteiger partial charge in [-0.25, -0.2) is 5.48 Å². The molecule has 0 saturated heterocycles. The summed E-state index contributed by atoms with van der Waals surface area (Å²) in [6, 6.07) is 15.1. The Hall–Kier alpha value is -4.05. The summed E-state index contributed by atoms with van der Waals surface area (Å²) in [5.74, 6) is -0.452.